The lowest BCUT2D eigenvalue weighted by Gasteiger charge is -2.33. The van der Waals surface area contributed by atoms with E-state index >= 15 is 0 Å². The average molecular weight is 368 g/mol. The molecule has 0 bridgehead atoms. The van der Waals surface area contributed by atoms with Crippen molar-refractivity contribution in [1.29, 1.82) is 0 Å². The number of amides is 1. The summed E-state index contributed by atoms with van der Waals surface area (Å²) in [5.74, 6) is -1.21. The van der Waals surface area contributed by atoms with E-state index in [-0.39, 0.29) is 22.3 Å². The van der Waals surface area contributed by atoms with Crippen LogP contribution < -0.4 is 4.72 Å². The second-order valence-electron chi connectivity index (χ2n) is 6.62. The normalized spacial score (nSPS) is 18.4. The first-order valence-electron chi connectivity index (χ1n) is 8.36. The summed E-state index contributed by atoms with van der Waals surface area (Å²) < 4.78 is 26.9. The first-order chi connectivity index (χ1) is 11.7. The van der Waals surface area contributed by atoms with Crippen LogP contribution in [0.5, 0.6) is 0 Å². The number of piperidine rings is 1. The Morgan fingerprint density at radius 2 is 1.88 bits per heavy atom. The van der Waals surface area contributed by atoms with Gasteiger partial charge in [-0.25, -0.2) is 17.9 Å². The van der Waals surface area contributed by atoms with Gasteiger partial charge in [0.25, 0.3) is 5.91 Å². The van der Waals surface area contributed by atoms with E-state index < -0.39 is 22.0 Å². The van der Waals surface area contributed by atoms with Crippen molar-refractivity contribution in [2.45, 2.75) is 44.0 Å². The van der Waals surface area contributed by atoms with Crippen LogP contribution in [-0.4, -0.2) is 49.4 Å². The predicted molar refractivity (Wildman–Crippen MR) is 92.8 cm³/mol. The van der Waals surface area contributed by atoms with Gasteiger partial charge >= 0.3 is 5.97 Å². The van der Waals surface area contributed by atoms with Crippen molar-refractivity contribution in [1.82, 2.24) is 9.62 Å². The Bertz CT molecular complexity index is 728. The Hall–Kier alpha value is -1.93. The molecule has 0 aromatic heterocycles. The van der Waals surface area contributed by atoms with Crippen molar-refractivity contribution in [2.24, 2.45) is 5.92 Å². The van der Waals surface area contributed by atoms with Crippen molar-refractivity contribution in [3.05, 3.63) is 29.8 Å². The smallest absolute Gasteiger partial charge is 0.326 e. The molecule has 1 fully saturated rings. The Labute approximate surface area is 148 Å². The lowest BCUT2D eigenvalue weighted by Crippen LogP contribution is -2.47. The lowest BCUT2D eigenvalue weighted by molar-refractivity contribution is -0.143. The van der Waals surface area contributed by atoms with Gasteiger partial charge in [-0.05, 0) is 49.4 Å². The predicted octanol–water partition coefficient (Wildman–Crippen LogP) is 1.70. The average Bonchev–Trinajstić information content (AvgIpc) is 2.59. The molecular weight excluding hydrogens is 344 g/mol. The minimum Gasteiger partial charge on any atom is -0.480 e. The zero-order valence-electron chi connectivity index (χ0n) is 14.4. The monoisotopic (exact) mass is 368 g/mol. The fourth-order valence-corrected chi connectivity index (χ4v) is 3.95. The number of carboxylic acid groups (broad SMARTS) is 1. The summed E-state index contributed by atoms with van der Waals surface area (Å²) >= 11 is 0. The molecule has 7 nitrogen and oxygen atoms in total. The van der Waals surface area contributed by atoms with Crippen molar-refractivity contribution < 1.29 is 23.1 Å². The van der Waals surface area contributed by atoms with Crippen LogP contribution in [0.15, 0.2) is 29.2 Å². The van der Waals surface area contributed by atoms with Gasteiger partial charge in [0, 0.05) is 18.7 Å². The Morgan fingerprint density at radius 3 is 2.44 bits per heavy atom. The highest BCUT2D eigenvalue weighted by atomic mass is 32.2. The quantitative estimate of drug-likeness (QED) is 0.795. The molecule has 1 aliphatic heterocycles. The van der Waals surface area contributed by atoms with E-state index in [0.29, 0.717) is 19.5 Å². The van der Waals surface area contributed by atoms with E-state index in [1.165, 1.54) is 29.2 Å². The van der Waals surface area contributed by atoms with E-state index in [1.54, 1.807) is 0 Å². The number of hydrogen-bond acceptors (Lipinski definition) is 4. The van der Waals surface area contributed by atoms with Crippen LogP contribution in [0.25, 0.3) is 0 Å². The number of aliphatic carboxylic acids is 1. The maximum atomic E-state index is 12.6. The van der Waals surface area contributed by atoms with Crippen molar-refractivity contribution in [3.63, 3.8) is 0 Å². The Kier molecular flexibility index (Phi) is 6.18. The maximum absolute atomic E-state index is 12.6. The number of carbonyl (C=O) groups excluding carboxylic acids is 1. The molecule has 0 saturated carbocycles. The fourth-order valence-electron chi connectivity index (χ4n) is 2.73. The van der Waals surface area contributed by atoms with Gasteiger partial charge in [-0.15, -0.1) is 0 Å². The SMILES string of the molecule is CC(C)CNS(=O)(=O)c1ccc(C(=O)N2CCCCC2C(=O)O)cc1. The molecule has 1 heterocycles. The molecule has 0 radical (unpaired) electrons. The first-order valence-corrected chi connectivity index (χ1v) is 9.84. The van der Waals surface area contributed by atoms with E-state index in [2.05, 4.69) is 4.72 Å². The summed E-state index contributed by atoms with van der Waals surface area (Å²) in [6.07, 6.45) is 1.98. The molecule has 8 heteroatoms. The van der Waals surface area contributed by atoms with Crippen molar-refractivity contribution >= 4 is 21.9 Å². The van der Waals surface area contributed by atoms with Gasteiger partial charge in [0.2, 0.25) is 10.0 Å². The standard InChI is InChI=1S/C17H24N2O5S/c1-12(2)11-18-25(23,24)14-8-6-13(7-9-14)16(20)19-10-4-3-5-15(19)17(21)22/h6-9,12,15,18H,3-5,10-11H2,1-2H3,(H,21,22). The summed E-state index contributed by atoms with van der Waals surface area (Å²) in [4.78, 5) is 25.4. The van der Waals surface area contributed by atoms with Crippen LogP contribution in [0, 0.1) is 5.92 Å². The van der Waals surface area contributed by atoms with Gasteiger partial charge in [0.15, 0.2) is 0 Å². The van der Waals surface area contributed by atoms with Gasteiger partial charge in [-0.3, -0.25) is 4.79 Å². The molecule has 25 heavy (non-hydrogen) atoms. The van der Waals surface area contributed by atoms with Crippen LogP contribution in [0.4, 0.5) is 0 Å². The molecule has 1 aliphatic rings. The minimum atomic E-state index is -3.62. The molecule has 1 unspecified atom stereocenters. The molecule has 1 atom stereocenters. The number of nitrogens with one attached hydrogen (secondary N) is 1. The molecule has 0 spiro atoms. The Balaban J connectivity index is 2.16. The van der Waals surface area contributed by atoms with Crippen molar-refractivity contribution in [2.75, 3.05) is 13.1 Å². The van der Waals surface area contributed by atoms with E-state index in [4.69, 9.17) is 0 Å². The van der Waals surface area contributed by atoms with Gasteiger partial charge < -0.3 is 10.0 Å². The molecule has 1 saturated heterocycles. The zero-order valence-corrected chi connectivity index (χ0v) is 15.3. The van der Waals surface area contributed by atoms with Gasteiger partial charge in [-0.2, -0.15) is 0 Å². The highest BCUT2D eigenvalue weighted by Gasteiger charge is 2.32. The number of rotatable bonds is 6. The van der Waals surface area contributed by atoms with E-state index in [0.717, 1.165) is 12.8 Å². The summed E-state index contributed by atoms with van der Waals surface area (Å²) in [5, 5.41) is 9.28. The highest BCUT2D eigenvalue weighted by Crippen LogP contribution is 2.21. The maximum Gasteiger partial charge on any atom is 0.326 e. The van der Waals surface area contributed by atoms with Crippen LogP contribution in [0.2, 0.25) is 0 Å². The summed E-state index contributed by atoms with van der Waals surface area (Å²) in [6.45, 7) is 4.53. The summed E-state index contributed by atoms with van der Waals surface area (Å²) in [7, 11) is -3.62. The molecule has 0 aliphatic carbocycles. The Morgan fingerprint density at radius 1 is 1.24 bits per heavy atom. The topological polar surface area (TPSA) is 104 Å². The molecule has 1 aromatic rings. The van der Waals surface area contributed by atoms with Gasteiger partial charge in [0.05, 0.1) is 4.90 Å². The van der Waals surface area contributed by atoms with Gasteiger partial charge in [0.1, 0.15) is 6.04 Å². The first kappa shape index (κ1) is 19.4. The lowest BCUT2D eigenvalue weighted by atomic mass is 10.0. The van der Waals surface area contributed by atoms with Crippen molar-refractivity contribution in [3.8, 4) is 0 Å². The van der Waals surface area contributed by atoms with Crippen LogP contribution in [0.1, 0.15) is 43.5 Å². The van der Waals surface area contributed by atoms with E-state index in [9.17, 15) is 23.1 Å². The third kappa shape index (κ3) is 4.79. The second kappa shape index (κ2) is 7.97. The number of nitrogens with zero attached hydrogens (tertiary/aromatic N) is 1. The molecule has 2 rings (SSSR count). The number of likely N-dealkylation sites (tertiary alicyclic amines) is 1. The molecule has 1 aromatic carbocycles. The number of carboxylic acids is 1. The third-order valence-corrected chi connectivity index (χ3v) is 5.58. The molecule has 2 N–H and O–H groups in total. The number of benzene rings is 1. The van der Waals surface area contributed by atoms with Gasteiger partial charge in [-0.1, -0.05) is 13.8 Å². The molecular formula is C17H24N2O5S. The fraction of sp³-hybridized carbons (Fsp3) is 0.529. The second-order valence-corrected chi connectivity index (χ2v) is 8.39. The number of carbonyl (C=O) groups is 2. The highest BCUT2D eigenvalue weighted by molar-refractivity contribution is 7.89. The minimum absolute atomic E-state index is 0.0816. The largest absolute Gasteiger partial charge is 0.480 e. The van der Waals surface area contributed by atoms with Crippen LogP contribution >= 0.6 is 0 Å². The summed E-state index contributed by atoms with van der Waals surface area (Å²) in [5.41, 5.74) is 0.288. The number of hydrogen-bond donors (Lipinski definition) is 2. The third-order valence-electron chi connectivity index (χ3n) is 4.14. The summed E-state index contributed by atoms with van der Waals surface area (Å²) in [6, 6.07) is 4.78. The molecule has 1 amide bonds. The van der Waals surface area contributed by atoms with Crippen LogP contribution in [-0.2, 0) is 14.8 Å². The van der Waals surface area contributed by atoms with E-state index in [1.807, 2.05) is 13.8 Å². The molecule has 138 valence electrons. The number of sulfonamides is 1. The zero-order chi connectivity index (χ0) is 18.6. The van der Waals surface area contributed by atoms with Crippen LogP contribution in [0.3, 0.4) is 0 Å².